The molecule has 112 valence electrons. The number of hydrogen-bond donors (Lipinski definition) is 0. The summed E-state index contributed by atoms with van der Waals surface area (Å²) in [4.78, 5) is 11.6. The second-order valence-electron chi connectivity index (χ2n) is 4.80. The van der Waals surface area contributed by atoms with Crippen LogP contribution in [-0.4, -0.2) is 39.8 Å². The molecule has 4 nitrogen and oxygen atoms in total. The normalized spacial score (nSPS) is 13.7. The summed E-state index contributed by atoms with van der Waals surface area (Å²) in [6.45, 7) is 14.4. The molecule has 0 fully saturated rings. The third-order valence-corrected chi connectivity index (χ3v) is 4.91. The highest BCUT2D eigenvalue weighted by Gasteiger charge is 2.31. The van der Waals surface area contributed by atoms with E-state index in [4.69, 9.17) is 14.2 Å². The molecule has 0 saturated heterocycles. The number of ether oxygens (including phenoxy) is 3. The first-order valence-electron chi connectivity index (χ1n) is 7.02. The summed E-state index contributed by atoms with van der Waals surface area (Å²) in [6.07, 6.45) is 1.82. The second kappa shape index (κ2) is 9.28. The lowest BCUT2D eigenvalue weighted by Gasteiger charge is -2.32. The van der Waals surface area contributed by atoms with Crippen LogP contribution >= 0.6 is 0 Å². The number of rotatable bonds is 10. The van der Waals surface area contributed by atoms with Gasteiger partial charge in [0.2, 0.25) is 0 Å². The van der Waals surface area contributed by atoms with E-state index in [1.54, 1.807) is 6.92 Å². The lowest BCUT2D eigenvalue weighted by Crippen LogP contribution is -2.46. The zero-order valence-corrected chi connectivity index (χ0v) is 14.4. The van der Waals surface area contributed by atoms with E-state index < -0.39 is 14.9 Å². The van der Waals surface area contributed by atoms with Crippen molar-refractivity contribution in [3.05, 3.63) is 12.2 Å². The van der Waals surface area contributed by atoms with Gasteiger partial charge in [-0.2, -0.15) is 0 Å². The Balaban J connectivity index is 4.68. The molecule has 19 heavy (non-hydrogen) atoms. The van der Waals surface area contributed by atoms with Crippen LogP contribution in [0.25, 0.3) is 0 Å². The average Bonchev–Trinajstić information content (AvgIpc) is 2.29. The molecule has 0 N–H and O–H groups in total. The molecule has 0 amide bonds. The predicted octanol–water partition coefficient (Wildman–Crippen LogP) is 2.15. The van der Waals surface area contributed by atoms with E-state index in [0.29, 0.717) is 18.8 Å². The molecular formula is C14H28O4Si. The SMILES string of the molecule is C=C(C)C(=O)OC(CCC)[SiH2]C(C)(OCC)OCC. The van der Waals surface area contributed by atoms with Gasteiger partial charge in [0, 0.05) is 18.8 Å². The lowest BCUT2D eigenvalue weighted by molar-refractivity contribution is -0.167. The Hall–Kier alpha value is -0.653. The van der Waals surface area contributed by atoms with Crippen LogP contribution in [0, 0.1) is 0 Å². The van der Waals surface area contributed by atoms with Gasteiger partial charge in [-0.1, -0.05) is 19.9 Å². The van der Waals surface area contributed by atoms with Gasteiger partial charge in [-0.05, 0) is 34.1 Å². The van der Waals surface area contributed by atoms with Crippen LogP contribution < -0.4 is 0 Å². The molecule has 0 aromatic carbocycles. The quantitative estimate of drug-likeness (QED) is 0.267. The van der Waals surface area contributed by atoms with Crippen molar-refractivity contribution in [1.29, 1.82) is 0 Å². The summed E-state index contributed by atoms with van der Waals surface area (Å²) in [5.41, 5.74) is -0.208. The molecule has 0 aromatic heterocycles. The van der Waals surface area contributed by atoms with E-state index in [-0.39, 0.29) is 11.7 Å². The molecule has 0 aliphatic carbocycles. The van der Waals surface area contributed by atoms with Crippen LogP contribution in [0.15, 0.2) is 12.2 Å². The zero-order chi connectivity index (χ0) is 14.9. The fourth-order valence-corrected chi connectivity index (χ4v) is 4.28. The molecule has 5 heteroatoms. The Morgan fingerprint density at radius 3 is 2.16 bits per heavy atom. The van der Waals surface area contributed by atoms with Crippen molar-refractivity contribution in [2.75, 3.05) is 13.2 Å². The van der Waals surface area contributed by atoms with Crippen molar-refractivity contribution in [2.24, 2.45) is 0 Å². The van der Waals surface area contributed by atoms with E-state index in [9.17, 15) is 4.79 Å². The highest BCUT2D eigenvalue weighted by atomic mass is 28.2. The van der Waals surface area contributed by atoms with E-state index in [0.717, 1.165) is 12.8 Å². The summed E-state index contributed by atoms with van der Waals surface area (Å²) in [7, 11) is -0.894. The first-order chi connectivity index (χ1) is 8.88. The Kier molecular flexibility index (Phi) is 8.96. The zero-order valence-electron chi connectivity index (χ0n) is 13.0. The fraction of sp³-hybridized carbons (Fsp3) is 0.786. The van der Waals surface area contributed by atoms with Gasteiger partial charge in [0.1, 0.15) is 14.9 Å². The molecule has 0 bridgehead atoms. The van der Waals surface area contributed by atoms with Gasteiger partial charge in [-0.15, -0.1) is 0 Å². The van der Waals surface area contributed by atoms with Gasteiger partial charge < -0.3 is 14.2 Å². The van der Waals surface area contributed by atoms with Gasteiger partial charge >= 0.3 is 5.97 Å². The summed E-state index contributed by atoms with van der Waals surface area (Å²) in [5.74, 6) is -0.318. The van der Waals surface area contributed by atoms with Crippen LogP contribution in [0.3, 0.4) is 0 Å². The molecule has 0 saturated carbocycles. The molecule has 0 aromatic rings. The van der Waals surface area contributed by atoms with Crippen LogP contribution in [-0.2, 0) is 19.0 Å². The predicted molar refractivity (Wildman–Crippen MR) is 79.8 cm³/mol. The smallest absolute Gasteiger partial charge is 0.333 e. The van der Waals surface area contributed by atoms with Crippen molar-refractivity contribution in [1.82, 2.24) is 0 Å². The average molecular weight is 288 g/mol. The second-order valence-corrected chi connectivity index (χ2v) is 7.40. The highest BCUT2D eigenvalue weighted by molar-refractivity contribution is 6.40. The van der Waals surface area contributed by atoms with Crippen LogP contribution in [0.5, 0.6) is 0 Å². The lowest BCUT2D eigenvalue weighted by atomic mass is 10.3. The van der Waals surface area contributed by atoms with Gasteiger partial charge in [-0.3, -0.25) is 0 Å². The third-order valence-electron chi connectivity index (χ3n) is 2.73. The molecule has 0 aliphatic heterocycles. The minimum absolute atomic E-state index is 0.0719. The van der Waals surface area contributed by atoms with Crippen molar-refractivity contribution in [3.8, 4) is 0 Å². The minimum Gasteiger partial charge on any atom is -0.463 e. The van der Waals surface area contributed by atoms with Gasteiger partial charge in [0.15, 0.2) is 0 Å². The number of carbonyl (C=O) groups is 1. The molecule has 1 unspecified atom stereocenters. The molecule has 0 aliphatic rings. The minimum atomic E-state index is -0.894. The topological polar surface area (TPSA) is 44.8 Å². The first-order valence-corrected chi connectivity index (χ1v) is 8.55. The Labute approximate surface area is 119 Å². The van der Waals surface area contributed by atoms with E-state index >= 15 is 0 Å². The van der Waals surface area contributed by atoms with Crippen LogP contribution in [0.4, 0.5) is 0 Å². The molecule has 1 atom stereocenters. The summed E-state index contributed by atoms with van der Waals surface area (Å²) < 4.78 is 16.9. The Bertz CT molecular complexity index is 285. The summed E-state index contributed by atoms with van der Waals surface area (Å²) in [5, 5.41) is 0. The first kappa shape index (κ1) is 18.3. The molecule has 0 rings (SSSR count). The van der Waals surface area contributed by atoms with Gasteiger partial charge in [0.05, 0.1) is 5.73 Å². The van der Waals surface area contributed by atoms with Gasteiger partial charge in [0.25, 0.3) is 0 Å². The molecule has 0 radical (unpaired) electrons. The van der Waals surface area contributed by atoms with Crippen molar-refractivity contribution >= 4 is 15.5 Å². The summed E-state index contributed by atoms with van der Waals surface area (Å²) >= 11 is 0. The van der Waals surface area contributed by atoms with E-state index in [1.165, 1.54) is 0 Å². The fourth-order valence-electron chi connectivity index (χ4n) is 1.96. The number of esters is 1. The maximum absolute atomic E-state index is 11.6. The number of hydrogen-bond acceptors (Lipinski definition) is 4. The van der Waals surface area contributed by atoms with Crippen molar-refractivity contribution < 1.29 is 19.0 Å². The standard InChI is InChI=1S/C14H28O4Si/c1-7-10-12(18-13(15)11(4)5)19-14(6,16-8-2)17-9-3/h12H,4,7-10,19H2,1-3,5-6H3. The molecule has 0 spiro atoms. The third kappa shape index (κ3) is 7.50. The highest BCUT2D eigenvalue weighted by Crippen LogP contribution is 2.16. The van der Waals surface area contributed by atoms with Crippen molar-refractivity contribution in [2.45, 2.75) is 58.6 Å². The van der Waals surface area contributed by atoms with E-state index in [1.807, 2.05) is 20.8 Å². The van der Waals surface area contributed by atoms with Gasteiger partial charge in [-0.25, -0.2) is 4.79 Å². The summed E-state index contributed by atoms with van der Waals surface area (Å²) in [6, 6.07) is 0. The van der Waals surface area contributed by atoms with Crippen LogP contribution in [0.2, 0.25) is 0 Å². The molecule has 0 heterocycles. The monoisotopic (exact) mass is 288 g/mol. The maximum Gasteiger partial charge on any atom is 0.333 e. The largest absolute Gasteiger partial charge is 0.463 e. The van der Waals surface area contributed by atoms with Crippen LogP contribution in [0.1, 0.15) is 47.5 Å². The van der Waals surface area contributed by atoms with Crippen molar-refractivity contribution in [3.63, 3.8) is 0 Å². The Morgan fingerprint density at radius 1 is 1.26 bits per heavy atom. The Morgan fingerprint density at radius 2 is 1.79 bits per heavy atom. The van der Waals surface area contributed by atoms with E-state index in [2.05, 4.69) is 13.5 Å². The maximum atomic E-state index is 11.6. The molecular weight excluding hydrogens is 260 g/mol. The number of carbonyl (C=O) groups excluding carboxylic acids is 1.